The van der Waals surface area contributed by atoms with E-state index in [4.69, 9.17) is 16.1 Å². The average molecular weight is 308 g/mol. The van der Waals surface area contributed by atoms with E-state index < -0.39 is 12.1 Å². The molecule has 0 saturated carbocycles. The lowest BCUT2D eigenvalue weighted by atomic mass is 9.97. The number of ether oxygens (including phenoxy) is 1. The van der Waals surface area contributed by atoms with Crippen LogP contribution in [-0.2, 0) is 9.53 Å². The summed E-state index contributed by atoms with van der Waals surface area (Å²) < 4.78 is 9.69. The molecule has 1 aromatic heterocycles. The molecule has 0 spiro atoms. The number of aliphatic hydroxyl groups is 1. The van der Waals surface area contributed by atoms with Crippen molar-refractivity contribution in [2.75, 3.05) is 7.11 Å². The number of methoxy groups -OCH3 is 1. The molecule has 2 rings (SSSR count). The summed E-state index contributed by atoms with van der Waals surface area (Å²) in [7, 11) is 1.22. The van der Waals surface area contributed by atoms with Crippen LogP contribution in [0.25, 0.3) is 11.3 Å². The van der Waals surface area contributed by atoms with Gasteiger partial charge in [0.1, 0.15) is 17.6 Å². The molecule has 5 nitrogen and oxygen atoms in total. The van der Waals surface area contributed by atoms with E-state index in [2.05, 4.69) is 16.5 Å². The number of aryl methyl sites for hydroxylation is 1. The third-order valence-electron chi connectivity index (χ3n) is 3.09. The van der Waals surface area contributed by atoms with Crippen molar-refractivity contribution in [3.63, 3.8) is 0 Å². The van der Waals surface area contributed by atoms with Crippen LogP contribution in [0.15, 0.2) is 40.9 Å². The molecule has 0 aliphatic rings. The summed E-state index contributed by atoms with van der Waals surface area (Å²) in [5, 5.41) is 14.7. The van der Waals surface area contributed by atoms with Gasteiger partial charge in [0, 0.05) is 5.56 Å². The fourth-order valence-electron chi connectivity index (χ4n) is 1.97. The first-order chi connectivity index (χ1) is 9.97. The Bertz CT molecular complexity index is 693. The number of aromatic nitrogens is 1. The van der Waals surface area contributed by atoms with Crippen molar-refractivity contribution >= 4 is 17.6 Å². The van der Waals surface area contributed by atoms with E-state index in [0.29, 0.717) is 27.6 Å². The van der Waals surface area contributed by atoms with E-state index in [9.17, 15) is 9.90 Å². The molecule has 1 aromatic carbocycles. The van der Waals surface area contributed by atoms with Crippen molar-refractivity contribution in [1.29, 1.82) is 0 Å². The third-order valence-corrected chi connectivity index (χ3v) is 3.42. The molecule has 0 fully saturated rings. The highest BCUT2D eigenvalue weighted by Gasteiger charge is 2.28. The topological polar surface area (TPSA) is 72.6 Å². The van der Waals surface area contributed by atoms with Crippen LogP contribution in [0.4, 0.5) is 0 Å². The Morgan fingerprint density at radius 2 is 2.14 bits per heavy atom. The Balaban J connectivity index is 2.51. The van der Waals surface area contributed by atoms with Gasteiger partial charge in [-0.05, 0) is 13.0 Å². The summed E-state index contributed by atoms with van der Waals surface area (Å²) in [5.74, 6) is -0.323. The maximum absolute atomic E-state index is 11.5. The van der Waals surface area contributed by atoms with Gasteiger partial charge >= 0.3 is 5.97 Å². The highest BCUT2D eigenvalue weighted by molar-refractivity contribution is 6.33. The summed E-state index contributed by atoms with van der Waals surface area (Å²) in [6.45, 7) is 5.19. The molecule has 0 aliphatic heterocycles. The van der Waals surface area contributed by atoms with E-state index in [-0.39, 0.29) is 5.57 Å². The van der Waals surface area contributed by atoms with Crippen LogP contribution < -0.4 is 0 Å². The summed E-state index contributed by atoms with van der Waals surface area (Å²) in [4.78, 5) is 11.5. The van der Waals surface area contributed by atoms with Gasteiger partial charge in [0.15, 0.2) is 0 Å². The summed E-state index contributed by atoms with van der Waals surface area (Å²) in [6, 6.07) is 7.02. The fraction of sp³-hybridized carbons (Fsp3) is 0.200. The number of esters is 1. The Morgan fingerprint density at radius 1 is 1.48 bits per heavy atom. The third kappa shape index (κ3) is 2.84. The number of carbonyl (C=O) groups excluding carboxylic acids is 1. The van der Waals surface area contributed by atoms with Gasteiger partial charge in [0.2, 0.25) is 0 Å². The van der Waals surface area contributed by atoms with E-state index in [0.717, 1.165) is 0 Å². The molecule has 21 heavy (non-hydrogen) atoms. The van der Waals surface area contributed by atoms with E-state index in [1.807, 2.05) is 0 Å². The standard InChI is InChI=1S/C15H14ClNO4/c1-8(15(19)20-3)14(18)12-9(2)21-17-13(12)10-6-4-5-7-11(10)16/h4-7,14,18H,1H2,2-3H3. The number of rotatable bonds is 4. The first-order valence-electron chi connectivity index (χ1n) is 6.13. The van der Waals surface area contributed by atoms with Gasteiger partial charge in [0.25, 0.3) is 0 Å². The first kappa shape index (κ1) is 15.3. The van der Waals surface area contributed by atoms with Crippen LogP contribution in [0.1, 0.15) is 17.4 Å². The van der Waals surface area contributed by atoms with Crippen molar-refractivity contribution in [3.05, 3.63) is 52.8 Å². The molecule has 1 unspecified atom stereocenters. The predicted octanol–water partition coefficient (Wildman–Crippen LogP) is 3.07. The highest BCUT2D eigenvalue weighted by atomic mass is 35.5. The van der Waals surface area contributed by atoms with Crippen LogP contribution in [-0.4, -0.2) is 23.3 Å². The monoisotopic (exact) mass is 307 g/mol. The molecule has 0 amide bonds. The first-order valence-corrected chi connectivity index (χ1v) is 6.51. The van der Waals surface area contributed by atoms with Crippen molar-refractivity contribution in [2.45, 2.75) is 13.0 Å². The second kappa shape index (κ2) is 6.11. The molecule has 1 atom stereocenters. The van der Waals surface area contributed by atoms with E-state index in [1.165, 1.54) is 7.11 Å². The van der Waals surface area contributed by atoms with Crippen LogP contribution in [0, 0.1) is 6.92 Å². The minimum atomic E-state index is -1.28. The van der Waals surface area contributed by atoms with Crippen molar-refractivity contribution in [1.82, 2.24) is 5.16 Å². The summed E-state index contributed by atoms with van der Waals surface area (Å²) in [5.41, 5.74) is 1.22. The second-order valence-electron chi connectivity index (χ2n) is 4.40. The normalized spacial score (nSPS) is 12.0. The lowest BCUT2D eigenvalue weighted by Crippen LogP contribution is -2.13. The number of hydrogen-bond acceptors (Lipinski definition) is 5. The van der Waals surface area contributed by atoms with Gasteiger partial charge in [-0.2, -0.15) is 0 Å². The van der Waals surface area contributed by atoms with Gasteiger partial charge in [-0.15, -0.1) is 0 Å². The van der Waals surface area contributed by atoms with Crippen molar-refractivity contribution in [3.8, 4) is 11.3 Å². The SMILES string of the molecule is C=C(C(=O)OC)C(O)c1c(-c2ccccc2Cl)noc1C. The van der Waals surface area contributed by atoms with Gasteiger partial charge in [-0.3, -0.25) is 0 Å². The molecule has 110 valence electrons. The van der Waals surface area contributed by atoms with Gasteiger partial charge in [-0.25, -0.2) is 4.79 Å². The Kier molecular flexibility index (Phi) is 4.45. The van der Waals surface area contributed by atoms with Crippen LogP contribution in [0.2, 0.25) is 5.02 Å². The van der Waals surface area contributed by atoms with Crippen LogP contribution in [0.3, 0.4) is 0 Å². The quantitative estimate of drug-likeness (QED) is 0.694. The van der Waals surface area contributed by atoms with Crippen molar-refractivity contribution < 1.29 is 19.2 Å². The lowest BCUT2D eigenvalue weighted by Gasteiger charge is -2.13. The van der Waals surface area contributed by atoms with Gasteiger partial charge < -0.3 is 14.4 Å². The zero-order chi connectivity index (χ0) is 15.6. The number of hydrogen-bond donors (Lipinski definition) is 1. The molecule has 0 aliphatic carbocycles. The fourth-order valence-corrected chi connectivity index (χ4v) is 2.19. The molecular formula is C15H14ClNO4. The number of carbonyl (C=O) groups is 1. The Labute approximate surface area is 126 Å². The molecule has 2 aromatic rings. The number of halogens is 1. The average Bonchev–Trinajstić information content (AvgIpc) is 2.87. The lowest BCUT2D eigenvalue weighted by molar-refractivity contribution is -0.137. The molecule has 0 bridgehead atoms. The van der Waals surface area contributed by atoms with Crippen LogP contribution >= 0.6 is 11.6 Å². The summed E-state index contributed by atoms with van der Waals surface area (Å²) >= 11 is 6.14. The molecule has 0 radical (unpaired) electrons. The van der Waals surface area contributed by atoms with Gasteiger partial charge in [-0.1, -0.05) is 41.5 Å². The van der Waals surface area contributed by atoms with Crippen LogP contribution in [0.5, 0.6) is 0 Å². The predicted molar refractivity (Wildman–Crippen MR) is 77.8 cm³/mol. The molecule has 1 heterocycles. The zero-order valence-corrected chi connectivity index (χ0v) is 12.3. The number of nitrogens with zero attached hydrogens (tertiary/aromatic N) is 1. The summed E-state index contributed by atoms with van der Waals surface area (Å²) in [6.07, 6.45) is -1.28. The molecule has 6 heteroatoms. The minimum absolute atomic E-state index is 0.0999. The van der Waals surface area contributed by atoms with E-state index in [1.54, 1.807) is 31.2 Å². The second-order valence-corrected chi connectivity index (χ2v) is 4.81. The Morgan fingerprint density at radius 3 is 2.76 bits per heavy atom. The van der Waals surface area contributed by atoms with E-state index >= 15 is 0 Å². The maximum Gasteiger partial charge on any atom is 0.336 e. The zero-order valence-electron chi connectivity index (χ0n) is 11.6. The minimum Gasteiger partial charge on any atom is -0.466 e. The maximum atomic E-state index is 11.5. The molecular weight excluding hydrogens is 294 g/mol. The number of aliphatic hydroxyl groups excluding tert-OH is 1. The number of benzene rings is 1. The largest absolute Gasteiger partial charge is 0.466 e. The highest BCUT2D eigenvalue weighted by Crippen LogP contribution is 2.36. The molecule has 1 N–H and O–H groups in total. The van der Waals surface area contributed by atoms with Gasteiger partial charge in [0.05, 0.1) is 23.3 Å². The molecule has 0 saturated heterocycles. The smallest absolute Gasteiger partial charge is 0.336 e. The van der Waals surface area contributed by atoms with Crippen molar-refractivity contribution in [2.24, 2.45) is 0 Å². The Hall–Kier alpha value is -2.11.